The molecule has 0 atom stereocenters. The molecule has 1 N–H and O–H groups in total. The summed E-state index contributed by atoms with van der Waals surface area (Å²) in [5.74, 6) is -0.280. The number of amides is 1. The van der Waals surface area contributed by atoms with Gasteiger partial charge in [-0.05, 0) is 18.6 Å². The second-order valence-corrected chi connectivity index (χ2v) is 8.60. The number of Topliss-reactive ketones (excluding diaryl/α,β-unsaturated/α-hetero) is 1. The van der Waals surface area contributed by atoms with E-state index in [2.05, 4.69) is 10.5 Å². The van der Waals surface area contributed by atoms with Gasteiger partial charge in [-0.2, -0.15) is 0 Å². The molecule has 8 nitrogen and oxygen atoms in total. The second kappa shape index (κ2) is 10.4. The van der Waals surface area contributed by atoms with Crippen molar-refractivity contribution in [2.75, 3.05) is 23.4 Å². The lowest BCUT2D eigenvalue weighted by Gasteiger charge is -2.09. The molecular weight excluding hydrogens is 454 g/mol. The number of carbonyl (C=O) groups excluding carboxylic acids is 3. The summed E-state index contributed by atoms with van der Waals surface area (Å²) in [6, 6.07) is 18.9. The highest BCUT2D eigenvalue weighted by Crippen LogP contribution is 2.33. The molecule has 0 bridgehead atoms. The zero-order valence-electron chi connectivity index (χ0n) is 18.7. The number of para-hydroxylation sites is 1. The van der Waals surface area contributed by atoms with Gasteiger partial charge in [0.2, 0.25) is 11.7 Å². The maximum absolute atomic E-state index is 13.2. The first-order valence-corrected chi connectivity index (χ1v) is 11.7. The number of nitrogens with zero attached hydrogens (tertiary/aromatic N) is 2. The standard InChI is InChI=1S/C25H23N3O5S/c1-16-12-21(27-33-16)26-22(30)14-34-15-23(31)32-13-20(29)24-18-10-6-7-11-19(18)28(2)25(24)17-8-4-3-5-9-17/h3-12H,13-15H2,1-2H3,(H,26,27,30). The molecule has 0 aliphatic heterocycles. The molecule has 0 radical (unpaired) electrons. The lowest BCUT2D eigenvalue weighted by Crippen LogP contribution is -2.18. The molecule has 4 aromatic rings. The van der Waals surface area contributed by atoms with Gasteiger partial charge >= 0.3 is 5.97 Å². The molecule has 34 heavy (non-hydrogen) atoms. The van der Waals surface area contributed by atoms with Crippen LogP contribution in [-0.4, -0.2) is 45.5 Å². The number of hydrogen-bond acceptors (Lipinski definition) is 7. The second-order valence-electron chi connectivity index (χ2n) is 7.61. The minimum atomic E-state index is -0.565. The van der Waals surface area contributed by atoms with Crippen LogP contribution in [0, 0.1) is 6.92 Å². The van der Waals surface area contributed by atoms with Crippen LogP contribution < -0.4 is 5.32 Å². The number of benzene rings is 2. The van der Waals surface area contributed by atoms with Crippen molar-refractivity contribution in [2.24, 2.45) is 7.05 Å². The van der Waals surface area contributed by atoms with Gasteiger partial charge in [-0.15, -0.1) is 11.8 Å². The Balaban J connectivity index is 1.38. The minimum Gasteiger partial charge on any atom is -0.457 e. The van der Waals surface area contributed by atoms with Crippen LogP contribution in [0.4, 0.5) is 5.82 Å². The number of aromatic nitrogens is 2. The quantitative estimate of drug-likeness (QED) is 0.284. The maximum Gasteiger partial charge on any atom is 0.316 e. The highest BCUT2D eigenvalue weighted by molar-refractivity contribution is 8.00. The zero-order valence-corrected chi connectivity index (χ0v) is 19.6. The molecule has 0 saturated heterocycles. The molecule has 4 rings (SSSR count). The molecule has 2 aromatic carbocycles. The van der Waals surface area contributed by atoms with Crippen molar-refractivity contribution in [1.29, 1.82) is 0 Å². The van der Waals surface area contributed by atoms with Crippen molar-refractivity contribution in [3.8, 4) is 11.3 Å². The van der Waals surface area contributed by atoms with Crippen molar-refractivity contribution < 1.29 is 23.6 Å². The first kappa shape index (κ1) is 23.3. The molecule has 0 aliphatic carbocycles. The summed E-state index contributed by atoms with van der Waals surface area (Å²) in [6.07, 6.45) is 0. The Hall–Kier alpha value is -3.85. The van der Waals surface area contributed by atoms with Crippen LogP contribution in [0.25, 0.3) is 22.2 Å². The van der Waals surface area contributed by atoms with Crippen molar-refractivity contribution >= 4 is 46.1 Å². The zero-order chi connectivity index (χ0) is 24.1. The summed E-state index contributed by atoms with van der Waals surface area (Å²) < 4.78 is 12.1. The molecule has 0 saturated carbocycles. The third kappa shape index (κ3) is 5.20. The van der Waals surface area contributed by atoms with Crippen LogP contribution in [0.1, 0.15) is 16.1 Å². The fourth-order valence-corrected chi connectivity index (χ4v) is 4.31. The summed E-state index contributed by atoms with van der Waals surface area (Å²) in [5, 5.41) is 7.06. The number of nitrogens with one attached hydrogen (secondary N) is 1. The van der Waals surface area contributed by atoms with Gasteiger partial charge in [0.15, 0.2) is 12.4 Å². The monoisotopic (exact) mass is 477 g/mol. The molecule has 0 fully saturated rings. The van der Waals surface area contributed by atoms with Crippen molar-refractivity contribution in [3.05, 3.63) is 72.0 Å². The van der Waals surface area contributed by atoms with Gasteiger partial charge in [-0.25, -0.2) is 0 Å². The number of hydrogen-bond donors (Lipinski definition) is 1. The van der Waals surface area contributed by atoms with E-state index in [0.29, 0.717) is 17.1 Å². The van der Waals surface area contributed by atoms with Crippen LogP contribution in [0.15, 0.2) is 65.2 Å². The number of ether oxygens (including phenoxy) is 1. The summed E-state index contributed by atoms with van der Waals surface area (Å²) in [6.45, 7) is 1.34. The number of thioether (sulfide) groups is 1. The molecule has 0 spiro atoms. The van der Waals surface area contributed by atoms with E-state index in [1.807, 2.05) is 66.2 Å². The van der Waals surface area contributed by atoms with Crippen molar-refractivity contribution in [3.63, 3.8) is 0 Å². The summed E-state index contributed by atoms with van der Waals surface area (Å²) in [4.78, 5) is 37.3. The van der Waals surface area contributed by atoms with Gasteiger partial charge in [-0.3, -0.25) is 14.4 Å². The fraction of sp³-hybridized carbons (Fsp3) is 0.200. The number of aryl methyl sites for hydroxylation is 2. The van der Waals surface area contributed by atoms with E-state index in [0.717, 1.165) is 33.9 Å². The van der Waals surface area contributed by atoms with Crippen LogP contribution >= 0.6 is 11.8 Å². The summed E-state index contributed by atoms with van der Waals surface area (Å²) in [5.41, 5.74) is 3.11. The lowest BCUT2D eigenvalue weighted by atomic mass is 10.0. The topological polar surface area (TPSA) is 103 Å². The van der Waals surface area contributed by atoms with E-state index >= 15 is 0 Å². The number of ketones is 1. The van der Waals surface area contributed by atoms with Gasteiger partial charge < -0.3 is 19.1 Å². The van der Waals surface area contributed by atoms with Crippen LogP contribution in [0.5, 0.6) is 0 Å². The number of rotatable bonds is 9. The van der Waals surface area contributed by atoms with Gasteiger partial charge in [-0.1, -0.05) is 53.7 Å². The van der Waals surface area contributed by atoms with Crippen molar-refractivity contribution in [2.45, 2.75) is 6.92 Å². The van der Waals surface area contributed by atoms with E-state index in [1.54, 1.807) is 13.0 Å². The first-order chi connectivity index (χ1) is 16.4. The number of anilines is 1. The normalized spacial score (nSPS) is 10.9. The SMILES string of the molecule is Cc1cc(NC(=O)CSCC(=O)OCC(=O)c2c(-c3ccccc3)n(C)c3ccccc23)no1. The first-order valence-electron chi connectivity index (χ1n) is 10.6. The van der Waals surface area contributed by atoms with Gasteiger partial charge in [0.25, 0.3) is 0 Å². The van der Waals surface area contributed by atoms with E-state index in [4.69, 9.17) is 9.26 Å². The Kier molecular flexibility index (Phi) is 7.12. The Morgan fingerprint density at radius 1 is 1.06 bits per heavy atom. The van der Waals surface area contributed by atoms with E-state index in [9.17, 15) is 14.4 Å². The molecule has 1 amide bonds. The predicted octanol–water partition coefficient (Wildman–Crippen LogP) is 4.24. The third-order valence-electron chi connectivity index (χ3n) is 5.15. The molecule has 0 aliphatic rings. The smallest absolute Gasteiger partial charge is 0.316 e. The Labute approximate surface area is 200 Å². The van der Waals surface area contributed by atoms with Crippen molar-refractivity contribution in [1.82, 2.24) is 9.72 Å². The van der Waals surface area contributed by atoms with E-state index in [1.165, 1.54) is 0 Å². The third-order valence-corrected chi connectivity index (χ3v) is 6.05. The average Bonchev–Trinajstić information content (AvgIpc) is 3.38. The van der Waals surface area contributed by atoms with Crippen LogP contribution in [0.3, 0.4) is 0 Å². The minimum absolute atomic E-state index is 0.0381. The number of esters is 1. The maximum atomic E-state index is 13.2. The number of carbonyl (C=O) groups is 3. The highest BCUT2D eigenvalue weighted by Gasteiger charge is 2.23. The Bertz CT molecular complexity index is 1340. The van der Waals surface area contributed by atoms with Crippen LogP contribution in [-0.2, 0) is 21.4 Å². The lowest BCUT2D eigenvalue weighted by molar-refractivity contribution is -0.139. The van der Waals surface area contributed by atoms with E-state index in [-0.39, 0.29) is 29.8 Å². The molecule has 9 heteroatoms. The average molecular weight is 478 g/mol. The summed E-state index contributed by atoms with van der Waals surface area (Å²) >= 11 is 1.09. The molecule has 0 unspecified atom stereocenters. The van der Waals surface area contributed by atoms with Crippen LogP contribution in [0.2, 0.25) is 0 Å². The largest absolute Gasteiger partial charge is 0.457 e. The molecule has 174 valence electrons. The Morgan fingerprint density at radius 2 is 1.79 bits per heavy atom. The summed E-state index contributed by atoms with van der Waals surface area (Å²) in [7, 11) is 1.91. The fourth-order valence-electron chi connectivity index (χ4n) is 3.70. The molecule has 2 heterocycles. The van der Waals surface area contributed by atoms with Gasteiger partial charge in [0.05, 0.1) is 22.8 Å². The van der Waals surface area contributed by atoms with Gasteiger partial charge in [0, 0.05) is 24.0 Å². The predicted molar refractivity (Wildman–Crippen MR) is 131 cm³/mol. The molecule has 2 aromatic heterocycles. The van der Waals surface area contributed by atoms with Gasteiger partial charge in [0.1, 0.15) is 5.76 Å². The number of fused-ring (bicyclic) bond motifs is 1. The highest BCUT2D eigenvalue weighted by atomic mass is 32.2. The van der Waals surface area contributed by atoms with E-state index < -0.39 is 5.97 Å². The Morgan fingerprint density at radius 3 is 2.53 bits per heavy atom. The molecular formula is C25H23N3O5S.